The third-order valence-electron chi connectivity index (χ3n) is 6.66. The van der Waals surface area contributed by atoms with Crippen LogP contribution in [-0.2, 0) is 23.6 Å². The van der Waals surface area contributed by atoms with Crippen molar-refractivity contribution in [2.75, 3.05) is 11.3 Å². The van der Waals surface area contributed by atoms with Crippen molar-refractivity contribution in [2.24, 2.45) is 7.05 Å². The van der Waals surface area contributed by atoms with Gasteiger partial charge in [-0.3, -0.25) is 14.3 Å². The van der Waals surface area contributed by atoms with E-state index in [4.69, 9.17) is 21.6 Å². The molecule has 0 radical (unpaired) electrons. The van der Waals surface area contributed by atoms with Crippen molar-refractivity contribution in [1.82, 2.24) is 19.9 Å². The summed E-state index contributed by atoms with van der Waals surface area (Å²) in [7, 11) is -2.36. The molecule has 11 nitrogen and oxygen atoms in total. The van der Waals surface area contributed by atoms with Crippen molar-refractivity contribution in [3.05, 3.63) is 93.0 Å². The number of fused-ring (bicyclic) bond motifs is 1. The number of nitrogens with zero attached hydrogens (tertiary/aromatic N) is 4. The Kier molecular flexibility index (Phi) is 7.18. The number of benzene rings is 1. The Morgan fingerprint density at radius 2 is 1.95 bits per heavy atom. The number of pyridine rings is 3. The summed E-state index contributed by atoms with van der Waals surface area (Å²) in [5.41, 5.74) is 1.00. The summed E-state index contributed by atoms with van der Waals surface area (Å²) in [6, 6.07) is 16.4. The van der Waals surface area contributed by atoms with Gasteiger partial charge in [0.15, 0.2) is 0 Å². The van der Waals surface area contributed by atoms with Crippen LogP contribution in [0.15, 0.2) is 65.6 Å². The normalized spacial score (nSPS) is 13.8. The second-order valence-corrected chi connectivity index (χ2v) is 11.8. The van der Waals surface area contributed by atoms with Gasteiger partial charge in [-0.15, -0.1) is 0 Å². The Bertz CT molecular complexity index is 1820. The molecule has 1 aliphatic rings. The van der Waals surface area contributed by atoms with Gasteiger partial charge in [-0.2, -0.15) is 5.26 Å². The number of rotatable bonds is 9. The van der Waals surface area contributed by atoms with E-state index in [2.05, 4.69) is 20.0 Å². The number of hydrogen-bond acceptors (Lipinski definition) is 8. The Morgan fingerprint density at radius 1 is 1.20 bits per heavy atom. The molecule has 0 bridgehead atoms. The van der Waals surface area contributed by atoms with E-state index < -0.39 is 26.2 Å². The highest BCUT2D eigenvalue weighted by Gasteiger charge is 2.56. The van der Waals surface area contributed by atoms with Crippen LogP contribution in [0.5, 0.6) is 5.75 Å². The average molecular weight is 579 g/mol. The molecule has 1 fully saturated rings. The van der Waals surface area contributed by atoms with E-state index in [1.165, 1.54) is 29.9 Å². The number of carbonyl (C=O) groups is 1. The molecule has 1 saturated carbocycles. The second-order valence-electron chi connectivity index (χ2n) is 9.38. The Hall–Kier alpha value is -4.47. The van der Waals surface area contributed by atoms with Crippen LogP contribution in [0.2, 0.25) is 5.15 Å². The minimum Gasteiger partial charge on any atom is -0.489 e. The highest BCUT2D eigenvalue weighted by atomic mass is 35.5. The zero-order valence-electron chi connectivity index (χ0n) is 21.2. The number of sulfonamides is 1. The van der Waals surface area contributed by atoms with Crippen LogP contribution in [0.1, 0.15) is 34.3 Å². The lowest BCUT2D eigenvalue weighted by Crippen LogP contribution is -2.35. The van der Waals surface area contributed by atoms with Gasteiger partial charge in [-0.1, -0.05) is 29.8 Å². The van der Waals surface area contributed by atoms with Crippen molar-refractivity contribution in [3.8, 4) is 11.8 Å². The number of aromatic nitrogens is 3. The molecule has 1 aromatic carbocycles. The van der Waals surface area contributed by atoms with E-state index in [0.717, 1.165) is 5.56 Å². The molecule has 0 spiro atoms. The first-order valence-electron chi connectivity index (χ1n) is 12.2. The minimum absolute atomic E-state index is 0.0457. The van der Waals surface area contributed by atoms with Crippen molar-refractivity contribution in [3.63, 3.8) is 0 Å². The van der Waals surface area contributed by atoms with Gasteiger partial charge in [-0.05, 0) is 48.7 Å². The van der Waals surface area contributed by atoms with Crippen LogP contribution < -0.4 is 20.3 Å². The molecule has 3 aromatic heterocycles. The van der Waals surface area contributed by atoms with Crippen LogP contribution >= 0.6 is 11.6 Å². The molecule has 40 heavy (non-hydrogen) atoms. The van der Waals surface area contributed by atoms with E-state index in [9.17, 15) is 18.0 Å². The molecule has 0 atom stereocenters. The highest BCUT2D eigenvalue weighted by Crippen LogP contribution is 2.44. The lowest BCUT2D eigenvalue weighted by Gasteiger charge is -2.19. The monoisotopic (exact) mass is 578 g/mol. The third-order valence-corrected chi connectivity index (χ3v) is 9.00. The summed E-state index contributed by atoms with van der Waals surface area (Å²) in [5, 5.41) is 11.7. The number of nitrogens with one attached hydrogen (secondary N) is 2. The Morgan fingerprint density at radius 3 is 2.60 bits per heavy atom. The van der Waals surface area contributed by atoms with E-state index in [-0.39, 0.29) is 46.5 Å². The molecular formula is C27H23ClN6O5S. The topological polar surface area (TPSA) is 156 Å². The number of carbonyl (C=O) groups excluding carboxylic acids is 1. The lowest BCUT2D eigenvalue weighted by atomic mass is 10.1. The largest absolute Gasteiger partial charge is 0.489 e. The molecule has 0 aliphatic heterocycles. The molecule has 204 valence electrons. The third kappa shape index (κ3) is 5.34. The molecule has 2 N–H and O–H groups in total. The van der Waals surface area contributed by atoms with Crippen molar-refractivity contribution in [1.29, 1.82) is 5.26 Å². The molecule has 4 aromatic rings. The summed E-state index contributed by atoms with van der Waals surface area (Å²) in [6.45, 7) is -0.0439. The number of hydrogen-bond donors (Lipinski definition) is 2. The predicted molar refractivity (Wildman–Crippen MR) is 149 cm³/mol. The summed E-state index contributed by atoms with van der Waals surface area (Å²) in [6.07, 6.45) is 2.25. The number of nitriles is 1. The van der Waals surface area contributed by atoms with Crippen LogP contribution in [0.4, 0.5) is 5.82 Å². The van der Waals surface area contributed by atoms with Gasteiger partial charge in [0.25, 0.3) is 11.5 Å². The Labute approximate surface area is 234 Å². The van der Waals surface area contributed by atoms with Crippen LogP contribution in [0, 0.1) is 11.3 Å². The first kappa shape index (κ1) is 27.1. The van der Waals surface area contributed by atoms with Crippen LogP contribution in [0.25, 0.3) is 11.0 Å². The summed E-state index contributed by atoms with van der Waals surface area (Å²) >= 11 is 6.24. The quantitative estimate of drug-likeness (QED) is 0.287. The maximum absolute atomic E-state index is 13.2. The maximum Gasteiger partial charge on any atom is 0.263 e. The van der Waals surface area contributed by atoms with Crippen LogP contribution in [0.3, 0.4) is 0 Å². The van der Waals surface area contributed by atoms with E-state index >= 15 is 0 Å². The fourth-order valence-electron chi connectivity index (χ4n) is 4.18. The highest BCUT2D eigenvalue weighted by molar-refractivity contribution is 7.94. The number of aryl methyl sites for hydroxylation is 1. The van der Waals surface area contributed by atoms with E-state index in [1.54, 1.807) is 42.5 Å². The molecule has 0 unspecified atom stereocenters. The van der Waals surface area contributed by atoms with Gasteiger partial charge in [-0.25, -0.2) is 18.4 Å². The fourth-order valence-corrected chi connectivity index (χ4v) is 5.83. The van der Waals surface area contributed by atoms with Gasteiger partial charge in [0.1, 0.15) is 39.2 Å². The van der Waals surface area contributed by atoms with Gasteiger partial charge < -0.3 is 14.6 Å². The summed E-state index contributed by atoms with van der Waals surface area (Å²) < 4.78 is 34.7. The fraction of sp³-hybridized carbons (Fsp3) is 0.222. The van der Waals surface area contributed by atoms with Crippen molar-refractivity contribution in [2.45, 2.75) is 24.1 Å². The van der Waals surface area contributed by atoms with Gasteiger partial charge >= 0.3 is 0 Å². The van der Waals surface area contributed by atoms with E-state index in [1.807, 2.05) is 6.07 Å². The first-order chi connectivity index (χ1) is 19.1. The number of ether oxygens (including phenoxy) is 1. The minimum atomic E-state index is -3.83. The second kappa shape index (κ2) is 10.6. The number of halogens is 1. The average Bonchev–Trinajstić information content (AvgIpc) is 3.75. The molecular weight excluding hydrogens is 556 g/mol. The van der Waals surface area contributed by atoms with Crippen LogP contribution in [-0.4, -0.2) is 40.2 Å². The van der Waals surface area contributed by atoms with Crippen molar-refractivity contribution >= 4 is 44.4 Å². The maximum atomic E-state index is 13.2. The van der Waals surface area contributed by atoms with E-state index in [0.29, 0.717) is 18.4 Å². The van der Waals surface area contributed by atoms with Gasteiger partial charge in [0, 0.05) is 25.9 Å². The predicted octanol–water partition coefficient (Wildman–Crippen LogP) is 3.14. The number of amides is 1. The molecule has 0 saturated heterocycles. The Balaban J connectivity index is 1.38. The molecule has 1 amide bonds. The zero-order valence-corrected chi connectivity index (χ0v) is 22.8. The molecule has 1 aliphatic carbocycles. The van der Waals surface area contributed by atoms with Crippen molar-refractivity contribution < 1.29 is 17.9 Å². The summed E-state index contributed by atoms with van der Waals surface area (Å²) in [4.78, 5) is 34.4. The molecule has 13 heteroatoms. The number of anilines is 1. The zero-order chi connectivity index (χ0) is 28.5. The SMILES string of the molecule is Cn1c(=O)c(C(=O)NCc2ccc(C#N)cc2)cc2nc(Cl)cc(OCC3(S(=O)(=O)Nc4ccccn4)CC3)c21. The first-order valence-corrected chi connectivity index (χ1v) is 14.0. The van der Waals surface area contributed by atoms with Gasteiger partial charge in [0.2, 0.25) is 10.0 Å². The summed E-state index contributed by atoms with van der Waals surface area (Å²) in [5.74, 6) is -0.239. The molecule has 3 heterocycles. The molecule has 5 rings (SSSR count). The smallest absolute Gasteiger partial charge is 0.263 e. The lowest BCUT2D eigenvalue weighted by molar-refractivity contribution is 0.0949. The van der Waals surface area contributed by atoms with Gasteiger partial charge in [0.05, 0.1) is 17.1 Å². The standard InChI is InChI=1S/C27H23ClN6O5S/c1-34-24-20(12-19(26(34)36)25(35)31-15-18-7-5-17(14-29)6-8-18)32-22(28)13-21(24)39-16-27(9-10-27)40(37,38)33-23-4-2-3-11-30-23/h2-8,11-13H,9-10,15-16H2,1H3,(H,30,33)(H,31,35).